The summed E-state index contributed by atoms with van der Waals surface area (Å²) in [4.78, 5) is 39.0. The van der Waals surface area contributed by atoms with Crippen molar-refractivity contribution in [2.24, 2.45) is 5.92 Å². The van der Waals surface area contributed by atoms with Gasteiger partial charge in [0, 0.05) is 26.2 Å². The molecule has 7 nitrogen and oxygen atoms in total. The molecule has 1 aromatic heterocycles. The fourth-order valence-electron chi connectivity index (χ4n) is 3.95. The minimum atomic E-state index is -0.850. The number of hydrogen-bond donors (Lipinski definition) is 0. The molecule has 0 unspecified atom stereocenters. The molecule has 3 heterocycles. The molecule has 3 rings (SSSR count). The average Bonchev–Trinajstić information content (AvgIpc) is 2.83. The van der Waals surface area contributed by atoms with Gasteiger partial charge in [0.25, 0.3) is 5.91 Å². The standard InChI is InChI=1S/C20H28FN5O2/c1-14(2)5-8-25-18(27)20(26(19(25)28)12-15(3)4)6-9-24(10-7-20)17-16(21)11-22-13-23-17/h5,11,13,15H,6-10,12H2,1-4H3. The first kappa shape index (κ1) is 20.2. The van der Waals surface area contributed by atoms with E-state index in [0.717, 1.165) is 11.8 Å². The van der Waals surface area contributed by atoms with Crippen molar-refractivity contribution in [3.8, 4) is 0 Å². The van der Waals surface area contributed by atoms with E-state index in [2.05, 4.69) is 9.97 Å². The number of carbonyl (C=O) groups is 2. The zero-order valence-electron chi connectivity index (χ0n) is 17.0. The van der Waals surface area contributed by atoms with Crippen molar-refractivity contribution in [1.82, 2.24) is 19.8 Å². The second kappa shape index (κ2) is 7.85. The summed E-state index contributed by atoms with van der Waals surface area (Å²) in [6.45, 7) is 9.70. The molecule has 0 atom stereocenters. The lowest BCUT2D eigenvalue weighted by Gasteiger charge is -2.43. The van der Waals surface area contributed by atoms with Gasteiger partial charge in [0.05, 0.1) is 6.20 Å². The third-order valence-corrected chi connectivity index (χ3v) is 5.39. The van der Waals surface area contributed by atoms with Gasteiger partial charge in [-0.3, -0.25) is 9.69 Å². The minimum absolute atomic E-state index is 0.140. The van der Waals surface area contributed by atoms with E-state index in [-0.39, 0.29) is 23.7 Å². The fraction of sp³-hybridized carbons (Fsp3) is 0.600. The molecule has 0 saturated carbocycles. The monoisotopic (exact) mass is 389 g/mol. The van der Waals surface area contributed by atoms with Crippen molar-refractivity contribution in [3.63, 3.8) is 0 Å². The summed E-state index contributed by atoms with van der Waals surface area (Å²) in [7, 11) is 0. The van der Waals surface area contributed by atoms with Crippen LogP contribution in [-0.2, 0) is 4.79 Å². The number of anilines is 1. The van der Waals surface area contributed by atoms with Gasteiger partial charge in [-0.15, -0.1) is 0 Å². The molecule has 0 N–H and O–H groups in total. The molecule has 0 aliphatic carbocycles. The van der Waals surface area contributed by atoms with Gasteiger partial charge in [-0.05, 0) is 32.6 Å². The molecule has 2 saturated heterocycles. The van der Waals surface area contributed by atoms with Crippen LogP contribution in [0.5, 0.6) is 0 Å². The quantitative estimate of drug-likeness (QED) is 0.572. The highest BCUT2D eigenvalue weighted by Crippen LogP contribution is 2.38. The van der Waals surface area contributed by atoms with Crippen LogP contribution in [0.4, 0.5) is 15.0 Å². The molecule has 2 fully saturated rings. The molecule has 1 spiro atoms. The van der Waals surface area contributed by atoms with E-state index >= 15 is 0 Å². The third kappa shape index (κ3) is 3.59. The second-order valence-electron chi connectivity index (χ2n) is 8.20. The fourth-order valence-corrected chi connectivity index (χ4v) is 3.95. The molecule has 0 bridgehead atoms. The highest BCUT2D eigenvalue weighted by atomic mass is 19.1. The molecular weight excluding hydrogens is 361 g/mol. The Morgan fingerprint density at radius 2 is 1.96 bits per heavy atom. The lowest BCUT2D eigenvalue weighted by molar-refractivity contribution is -0.134. The summed E-state index contributed by atoms with van der Waals surface area (Å²) < 4.78 is 14.1. The average molecular weight is 389 g/mol. The number of piperidine rings is 1. The summed E-state index contributed by atoms with van der Waals surface area (Å²) in [6.07, 6.45) is 5.27. The third-order valence-electron chi connectivity index (χ3n) is 5.39. The zero-order chi connectivity index (χ0) is 20.5. The van der Waals surface area contributed by atoms with Crippen molar-refractivity contribution in [2.45, 2.75) is 46.1 Å². The van der Waals surface area contributed by atoms with Crippen molar-refractivity contribution in [3.05, 3.63) is 30.0 Å². The summed E-state index contributed by atoms with van der Waals surface area (Å²) in [5.74, 6) is -0.122. The lowest BCUT2D eigenvalue weighted by atomic mass is 9.85. The number of carbonyl (C=O) groups excluding carboxylic acids is 2. The number of amides is 3. The Kier molecular flexibility index (Phi) is 5.67. The van der Waals surface area contributed by atoms with Crippen molar-refractivity contribution in [1.29, 1.82) is 0 Å². The Morgan fingerprint density at radius 3 is 2.54 bits per heavy atom. The topological polar surface area (TPSA) is 69.6 Å². The van der Waals surface area contributed by atoms with E-state index in [0.29, 0.717) is 39.0 Å². The number of imide groups is 1. The van der Waals surface area contributed by atoms with Gasteiger partial charge in [0.2, 0.25) is 0 Å². The molecule has 1 aromatic rings. The van der Waals surface area contributed by atoms with Crippen LogP contribution in [0, 0.1) is 11.7 Å². The van der Waals surface area contributed by atoms with Gasteiger partial charge in [-0.25, -0.2) is 19.2 Å². The predicted octanol–water partition coefficient (Wildman–Crippen LogP) is 2.84. The van der Waals surface area contributed by atoms with Crippen LogP contribution in [0.25, 0.3) is 0 Å². The normalized spacial score (nSPS) is 19.1. The van der Waals surface area contributed by atoms with E-state index < -0.39 is 11.4 Å². The van der Waals surface area contributed by atoms with Crippen LogP contribution in [0.15, 0.2) is 24.2 Å². The SMILES string of the molecule is CC(C)=CCN1C(=O)N(CC(C)C)C2(CCN(c3ncncc3F)CC2)C1=O. The molecule has 28 heavy (non-hydrogen) atoms. The first-order valence-electron chi connectivity index (χ1n) is 9.73. The summed E-state index contributed by atoms with van der Waals surface area (Å²) in [5.41, 5.74) is 0.211. The molecule has 2 aliphatic rings. The maximum Gasteiger partial charge on any atom is 0.327 e. The summed E-state index contributed by atoms with van der Waals surface area (Å²) in [5, 5.41) is 0. The predicted molar refractivity (Wildman–Crippen MR) is 104 cm³/mol. The van der Waals surface area contributed by atoms with E-state index in [1.807, 2.05) is 38.7 Å². The number of halogens is 1. The number of hydrogen-bond acceptors (Lipinski definition) is 5. The maximum atomic E-state index is 14.1. The molecule has 3 amide bonds. The van der Waals surface area contributed by atoms with Crippen molar-refractivity contribution in [2.75, 3.05) is 31.1 Å². The number of allylic oxidation sites excluding steroid dienone is 1. The van der Waals surface area contributed by atoms with Gasteiger partial charge < -0.3 is 9.80 Å². The number of urea groups is 1. The van der Waals surface area contributed by atoms with Crippen molar-refractivity contribution < 1.29 is 14.0 Å². The molecule has 0 radical (unpaired) electrons. The minimum Gasteiger partial charge on any atom is -0.354 e. The van der Waals surface area contributed by atoms with E-state index in [4.69, 9.17) is 0 Å². The van der Waals surface area contributed by atoms with Crippen LogP contribution in [0.2, 0.25) is 0 Å². The zero-order valence-corrected chi connectivity index (χ0v) is 17.0. The lowest BCUT2D eigenvalue weighted by Crippen LogP contribution is -2.57. The smallest absolute Gasteiger partial charge is 0.327 e. The Hall–Kier alpha value is -2.51. The summed E-state index contributed by atoms with van der Waals surface area (Å²) in [6, 6.07) is -0.224. The van der Waals surface area contributed by atoms with Gasteiger partial charge in [-0.1, -0.05) is 25.5 Å². The van der Waals surface area contributed by atoms with Crippen LogP contribution in [0.3, 0.4) is 0 Å². The van der Waals surface area contributed by atoms with Gasteiger partial charge >= 0.3 is 6.03 Å². The molecule has 2 aliphatic heterocycles. The highest BCUT2D eigenvalue weighted by Gasteiger charge is 2.57. The van der Waals surface area contributed by atoms with Gasteiger partial charge in [0.1, 0.15) is 11.9 Å². The Labute approximate surface area is 165 Å². The number of nitrogens with zero attached hydrogens (tertiary/aromatic N) is 5. The Morgan fingerprint density at radius 1 is 1.29 bits per heavy atom. The number of aromatic nitrogens is 2. The van der Waals surface area contributed by atoms with Crippen LogP contribution < -0.4 is 4.90 Å². The van der Waals surface area contributed by atoms with Crippen LogP contribution >= 0.6 is 0 Å². The first-order chi connectivity index (χ1) is 13.3. The highest BCUT2D eigenvalue weighted by molar-refractivity contribution is 6.07. The van der Waals surface area contributed by atoms with E-state index in [1.54, 1.807) is 4.90 Å². The van der Waals surface area contributed by atoms with Crippen LogP contribution in [0.1, 0.15) is 40.5 Å². The van der Waals surface area contributed by atoms with Gasteiger partial charge in [0.15, 0.2) is 11.6 Å². The Bertz CT molecular complexity index is 783. The molecule has 0 aromatic carbocycles. The molecule has 152 valence electrons. The van der Waals surface area contributed by atoms with Gasteiger partial charge in [-0.2, -0.15) is 0 Å². The largest absolute Gasteiger partial charge is 0.354 e. The Balaban J connectivity index is 1.85. The molecule has 8 heteroatoms. The maximum absolute atomic E-state index is 14.1. The van der Waals surface area contributed by atoms with E-state index in [1.165, 1.54) is 11.2 Å². The molecular formula is C20H28FN5O2. The van der Waals surface area contributed by atoms with E-state index in [9.17, 15) is 14.0 Å². The first-order valence-corrected chi connectivity index (χ1v) is 9.73. The number of rotatable bonds is 5. The van der Waals surface area contributed by atoms with Crippen LogP contribution in [-0.4, -0.2) is 63.4 Å². The summed E-state index contributed by atoms with van der Waals surface area (Å²) >= 11 is 0. The van der Waals surface area contributed by atoms with Crippen molar-refractivity contribution >= 4 is 17.8 Å². The second-order valence-corrected chi connectivity index (χ2v) is 8.20.